The van der Waals surface area contributed by atoms with Gasteiger partial charge in [-0.15, -0.1) is 0 Å². The summed E-state index contributed by atoms with van der Waals surface area (Å²) in [6.07, 6.45) is -0.00350. The van der Waals surface area contributed by atoms with Crippen LogP contribution in [0.2, 0.25) is 0 Å². The highest BCUT2D eigenvalue weighted by molar-refractivity contribution is 7.89. The van der Waals surface area contributed by atoms with Crippen LogP contribution in [-0.2, 0) is 10.0 Å². The zero-order valence-electron chi connectivity index (χ0n) is 9.99. The maximum atomic E-state index is 11.9. The van der Waals surface area contributed by atoms with Crippen molar-refractivity contribution in [2.45, 2.75) is 11.3 Å². The molecule has 8 nitrogen and oxygen atoms in total. The Hall–Kier alpha value is -2.18. The molecule has 0 amide bonds. The summed E-state index contributed by atoms with van der Waals surface area (Å²) < 4.78 is 30.9. The van der Waals surface area contributed by atoms with E-state index in [2.05, 4.69) is 4.72 Å². The van der Waals surface area contributed by atoms with Gasteiger partial charge in [0.15, 0.2) is 0 Å². The zero-order chi connectivity index (χ0) is 14.5. The number of methoxy groups -OCH3 is 1. The molecule has 9 heteroatoms. The van der Waals surface area contributed by atoms with Crippen LogP contribution >= 0.6 is 0 Å². The molecule has 1 rings (SSSR count). The van der Waals surface area contributed by atoms with Crippen LogP contribution in [0.25, 0.3) is 0 Å². The van der Waals surface area contributed by atoms with Gasteiger partial charge in [0.05, 0.1) is 18.1 Å². The number of benzene rings is 1. The molecule has 0 atom stereocenters. The van der Waals surface area contributed by atoms with E-state index in [1.807, 2.05) is 0 Å². The fourth-order valence-corrected chi connectivity index (χ4v) is 2.53. The highest BCUT2D eigenvalue weighted by Gasteiger charge is 2.22. The average Bonchev–Trinajstić information content (AvgIpc) is 2.38. The quantitative estimate of drug-likeness (QED) is 0.468. The fraction of sp³-hybridized carbons (Fsp3) is 0.300. The minimum Gasteiger partial charge on any atom is -0.495 e. The summed E-state index contributed by atoms with van der Waals surface area (Å²) >= 11 is 0. The lowest BCUT2D eigenvalue weighted by molar-refractivity contribution is -0.385. The van der Waals surface area contributed by atoms with Gasteiger partial charge in [0.25, 0.3) is 5.69 Å². The molecule has 0 fully saturated rings. The van der Waals surface area contributed by atoms with Gasteiger partial charge >= 0.3 is 0 Å². The van der Waals surface area contributed by atoms with E-state index in [1.165, 1.54) is 13.2 Å². The van der Waals surface area contributed by atoms with Gasteiger partial charge in [-0.1, -0.05) is 0 Å². The minimum absolute atomic E-state index is 0.00350. The second kappa shape index (κ2) is 6.12. The van der Waals surface area contributed by atoms with Gasteiger partial charge < -0.3 is 4.74 Å². The molecule has 0 unspecified atom stereocenters. The Morgan fingerprint density at radius 3 is 2.74 bits per heavy atom. The van der Waals surface area contributed by atoms with Gasteiger partial charge in [0.1, 0.15) is 10.6 Å². The molecule has 0 saturated heterocycles. The Labute approximate surface area is 109 Å². The first-order valence-electron chi connectivity index (χ1n) is 5.11. The number of non-ortho nitro benzene ring substituents is 1. The SMILES string of the molecule is COc1ccc([N+](=O)[O-])cc1S(=O)(=O)NCCC#N. The molecule has 0 bridgehead atoms. The number of rotatable bonds is 6. The Kier molecular flexibility index (Phi) is 4.80. The Morgan fingerprint density at radius 1 is 1.53 bits per heavy atom. The summed E-state index contributed by atoms with van der Waals surface area (Å²) in [4.78, 5) is 9.61. The summed E-state index contributed by atoms with van der Waals surface area (Å²) in [6, 6.07) is 5.05. The van der Waals surface area contributed by atoms with Crippen molar-refractivity contribution in [1.29, 1.82) is 5.26 Å². The van der Waals surface area contributed by atoms with Crippen molar-refractivity contribution in [2.24, 2.45) is 0 Å². The van der Waals surface area contributed by atoms with Gasteiger partial charge in [-0.3, -0.25) is 10.1 Å². The molecule has 1 N–H and O–H groups in total. The first-order valence-corrected chi connectivity index (χ1v) is 6.59. The van der Waals surface area contributed by atoms with Crippen molar-refractivity contribution in [2.75, 3.05) is 13.7 Å². The predicted octanol–water partition coefficient (Wildman–Crippen LogP) is 0.795. The molecule has 0 radical (unpaired) electrons. The standard InChI is InChI=1S/C10H11N3O5S/c1-18-9-4-3-8(13(14)15)7-10(9)19(16,17)12-6-2-5-11/h3-4,7,12H,2,6H2,1H3. The van der Waals surface area contributed by atoms with E-state index in [0.717, 1.165) is 12.1 Å². The molecule has 0 aliphatic rings. The van der Waals surface area contributed by atoms with Crippen LogP contribution in [-0.4, -0.2) is 27.0 Å². The third kappa shape index (κ3) is 3.64. The normalized spacial score (nSPS) is 10.7. The van der Waals surface area contributed by atoms with Crippen LogP contribution in [0.5, 0.6) is 5.75 Å². The van der Waals surface area contributed by atoms with Gasteiger partial charge in [0, 0.05) is 25.1 Å². The van der Waals surface area contributed by atoms with Crippen LogP contribution in [0, 0.1) is 21.4 Å². The molecule has 0 aliphatic carbocycles. The van der Waals surface area contributed by atoms with E-state index in [-0.39, 0.29) is 29.3 Å². The number of nitrogens with zero attached hydrogens (tertiary/aromatic N) is 2. The van der Waals surface area contributed by atoms with E-state index < -0.39 is 14.9 Å². The lowest BCUT2D eigenvalue weighted by atomic mass is 10.3. The van der Waals surface area contributed by atoms with Crippen LogP contribution < -0.4 is 9.46 Å². The number of ether oxygens (including phenoxy) is 1. The summed E-state index contributed by atoms with van der Waals surface area (Å²) in [7, 11) is -2.70. The summed E-state index contributed by atoms with van der Waals surface area (Å²) in [5.74, 6) is -0.00458. The molecule has 0 heterocycles. The summed E-state index contributed by atoms with van der Waals surface area (Å²) in [6.45, 7) is -0.0787. The van der Waals surface area contributed by atoms with Crippen LogP contribution in [0.4, 0.5) is 5.69 Å². The molecule has 19 heavy (non-hydrogen) atoms. The number of sulfonamides is 1. The van der Waals surface area contributed by atoms with Gasteiger partial charge in [-0.05, 0) is 6.07 Å². The molecule has 0 saturated carbocycles. The van der Waals surface area contributed by atoms with Crippen molar-refractivity contribution in [3.8, 4) is 11.8 Å². The maximum Gasteiger partial charge on any atom is 0.271 e. The van der Waals surface area contributed by atoms with E-state index in [1.54, 1.807) is 6.07 Å². The lowest BCUT2D eigenvalue weighted by Crippen LogP contribution is -2.25. The van der Waals surface area contributed by atoms with Gasteiger partial charge in [-0.25, -0.2) is 13.1 Å². The first-order chi connectivity index (χ1) is 8.92. The first kappa shape index (κ1) is 14.9. The van der Waals surface area contributed by atoms with E-state index in [0.29, 0.717) is 0 Å². The maximum absolute atomic E-state index is 11.9. The number of nitrogens with one attached hydrogen (secondary N) is 1. The van der Waals surface area contributed by atoms with Crippen molar-refractivity contribution >= 4 is 15.7 Å². The molecular weight excluding hydrogens is 274 g/mol. The highest BCUT2D eigenvalue weighted by atomic mass is 32.2. The minimum atomic E-state index is -3.96. The topological polar surface area (TPSA) is 122 Å². The number of nitriles is 1. The zero-order valence-corrected chi connectivity index (χ0v) is 10.8. The summed E-state index contributed by atoms with van der Waals surface area (Å²) in [5, 5.41) is 19.0. The smallest absolute Gasteiger partial charge is 0.271 e. The van der Waals surface area contributed by atoms with Gasteiger partial charge in [0.2, 0.25) is 10.0 Å². The second-order valence-electron chi connectivity index (χ2n) is 3.40. The number of hydrogen-bond acceptors (Lipinski definition) is 6. The molecule has 102 valence electrons. The van der Waals surface area contributed by atoms with E-state index in [9.17, 15) is 18.5 Å². The third-order valence-electron chi connectivity index (χ3n) is 2.18. The average molecular weight is 285 g/mol. The number of nitro groups is 1. The summed E-state index contributed by atoms with van der Waals surface area (Å²) in [5.41, 5.74) is -0.360. The second-order valence-corrected chi connectivity index (χ2v) is 5.13. The monoisotopic (exact) mass is 285 g/mol. The molecule has 0 spiro atoms. The van der Waals surface area contributed by atoms with Crippen LogP contribution in [0.15, 0.2) is 23.1 Å². The fourth-order valence-electron chi connectivity index (χ4n) is 1.31. The van der Waals surface area contributed by atoms with Gasteiger partial charge in [-0.2, -0.15) is 5.26 Å². The van der Waals surface area contributed by atoms with Crippen molar-refractivity contribution in [3.63, 3.8) is 0 Å². The van der Waals surface area contributed by atoms with E-state index in [4.69, 9.17) is 10.00 Å². The van der Waals surface area contributed by atoms with Crippen LogP contribution in [0.3, 0.4) is 0 Å². The molecule has 1 aromatic carbocycles. The van der Waals surface area contributed by atoms with Crippen LogP contribution in [0.1, 0.15) is 6.42 Å². The van der Waals surface area contributed by atoms with Crippen molar-refractivity contribution < 1.29 is 18.1 Å². The Bertz CT molecular complexity index is 621. The molecule has 0 aliphatic heterocycles. The molecule has 1 aromatic rings. The molecule has 0 aromatic heterocycles. The van der Waals surface area contributed by atoms with Crippen molar-refractivity contribution in [3.05, 3.63) is 28.3 Å². The number of hydrogen-bond donors (Lipinski definition) is 1. The lowest BCUT2D eigenvalue weighted by Gasteiger charge is -2.09. The third-order valence-corrected chi connectivity index (χ3v) is 3.66. The van der Waals surface area contributed by atoms with E-state index >= 15 is 0 Å². The largest absolute Gasteiger partial charge is 0.495 e. The predicted molar refractivity (Wildman–Crippen MR) is 65.1 cm³/mol. The van der Waals surface area contributed by atoms with Crippen molar-refractivity contribution in [1.82, 2.24) is 4.72 Å². The number of nitro benzene ring substituents is 1. The molecular formula is C10H11N3O5S. The Balaban J connectivity index is 3.19. The highest BCUT2D eigenvalue weighted by Crippen LogP contribution is 2.27. The Morgan fingerprint density at radius 2 is 2.21 bits per heavy atom.